The second kappa shape index (κ2) is 20.3. The molecule has 2 amide bonds. The van der Waals surface area contributed by atoms with Gasteiger partial charge in [-0.05, 0) is 19.3 Å². The van der Waals surface area contributed by atoms with E-state index in [2.05, 4.69) is 39.8 Å². The molecule has 2 aromatic heterocycles. The van der Waals surface area contributed by atoms with E-state index in [0.29, 0.717) is 78.4 Å². The van der Waals surface area contributed by atoms with Crippen LogP contribution >= 0.6 is 0 Å². The van der Waals surface area contributed by atoms with Gasteiger partial charge in [0.05, 0.1) is 91.4 Å². The fourth-order valence-corrected chi connectivity index (χ4v) is 7.54. The fraction of sp³-hybridized carbons (Fsp3) is 0.767. The molecule has 2 aliphatic rings. The van der Waals surface area contributed by atoms with Crippen LogP contribution in [0.15, 0.2) is 18.6 Å². The lowest BCUT2D eigenvalue weighted by Crippen LogP contribution is -2.58. The second-order valence-electron chi connectivity index (χ2n) is 12.2. The molecule has 0 bridgehead atoms. The molecule has 2 fully saturated rings. The second-order valence-corrected chi connectivity index (χ2v) is 14.8. The van der Waals surface area contributed by atoms with Gasteiger partial charge in [0.25, 0.3) is 0 Å². The summed E-state index contributed by atoms with van der Waals surface area (Å²) in [6, 6.07) is -1.40. The van der Waals surface area contributed by atoms with Gasteiger partial charge in [-0.15, -0.1) is 10.2 Å². The number of rotatable bonds is 23. The van der Waals surface area contributed by atoms with Gasteiger partial charge in [-0.1, -0.05) is 24.3 Å². The summed E-state index contributed by atoms with van der Waals surface area (Å²) in [5.41, 5.74) is 0.832. The monoisotopic (exact) mass is 730 g/mol. The molecule has 2 saturated heterocycles. The third-order valence-corrected chi connectivity index (χ3v) is 10.8. The normalized spacial score (nSPS) is 20.7. The summed E-state index contributed by atoms with van der Waals surface area (Å²) in [7, 11) is -2.19. The average Bonchev–Trinajstić information content (AvgIpc) is 3.79. The lowest BCUT2D eigenvalue weighted by Gasteiger charge is -2.35. The Morgan fingerprint density at radius 2 is 1.58 bits per heavy atom. The number of aliphatic carboxylic acids is 1. The highest BCUT2D eigenvalue weighted by atomic mass is 32.2. The topological polar surface area (TPSA) is 228 Å². The SMILES string of the molecule is CNC(=O)CCOCCOCCOCCOCCOCc1cn(CCC(C)C)nn1.C[C@]1(Cn2ccnn2)[C@H](C(=O)O)N2C(=O)C[C@H]2S1(=O)=O. The number of aromatic nitrogens is 6. The first-order chi connectivity index (χ1) is 23.9. The van der Waals surface area contributed by atoms with Crippen molar-refractivity contribution in [2.24, 2.45) is 5.92 Å². The van der Waals surface area contributed by atoms with Crippen LogP contribution in [0.4, 0.5) is 0 Å². The van der Waals surface area contributed by atoms with Gasteiger partial charge in [-0.25, -0.2) is 13.2 Å². The minimum atomic E-state index is -3.80. The molecule has 2 aromatic rings. The number of fused-ring (bicyclic) bond motifs is 1. The number of amides is 2. The first-order valence-electron chi connectivity index (χ1n) is 16.5. The Labute approximate surface area is 291 Å². The van der Waals surface area contributed by atoms with Gasteiger partial charge in [0, 0.05) is 26.2 Å². The summed E-state index contributed by atoms with van der Waals surface area (Å²) in [6.07, 6.45) is 6.05. The minimum Gasteiger partial charge on any atom is -0.480 e. The van der Waals surface area contributed by atoms with Crippen LogP contribution in [0.1, 0.15) is 45.7 Å². The summed E-state index contributed by atoms with van der Waals surface area (Å²) in [4.78, 5) is 35.0. The molecule has 0 aromatic carbocycles. The number of hydrogen-bond donors (Lipinski definition) is 2. The Balaban J connectivity index is 0.000000290. The molecular formula is C30H50N8O11S. The number of nitrogens with zero attached hydrogens (tertiary/aromatic N) is 7. The zero-order chi connectivity index (χ0) is 36.6. The van der Waals surface area contributed by atoms with Gasteiger partial charge < -0.3 is 39.0 Å². The van der Waals surface area contributed by atoms with E-state index in [1.165, 1.54) is 24.0 Å². The van der Waals surface area contributed by atoms with Crippen LogP contribution in [0.2, 0.25) is 0 Å². The number of aryl methyl sites for hydroxylation is 1. The van der Waals surface area contributed by atoms with Crippen molar-refractivity contribution < 1.29 is 51.6 Å². The Morgan fingerprint density at radius 3 is 2.10 bits per heavy atom. The van der Waals surface area contributed by atoms with E-state index in [1.54, 1.807) is 7.05 Å². The van der Waals surface area contributed by atoms with Crippen LogP contribution < -0.4 is 5.32 Å². The largest absolute Gasteiger partial charge is 0.480 e. The molecule has 20 heteroatoms. The summed E-state index contributed by atoms with van der Waals surface area (Å²) in [6.45, 7) is 11.3. The van der Waals surface area contributed by atoms with Crippen molar-refractivity contribution in [3.63, 3.8) is 0 Å². The van der Waals surface area contributed by atoms with Gasteiger partial charge in [0.2, 0.25) is 11.8 Å². The molecule has 4 rings (SSSR count). The van der Waals surface area contributed by atoms with Crippen LogP contribution in [0, 0.1) is 5.92 Å². The first-order valence-corrected chi connectivity index (χ1v) is 18.0. The number of carboxylic acids is 1. The zero-order valence-electron chi connectivity index (χ0n) is 29.1. The van der Waals surface area contributed by atoms with Crippen molar-refractivity contribution in [2.45, 2.75) is 75.9 Å². The van der Waals surface area contributed by atoms with Crippen LogP contribution in [0.5, 0.6) is 0 Å². The molecule has 19 nitrogen and oxygen atoms in total. The average molecular weight is 731 g/mol. The van der Waals surface area contributed by atoms with Crippen LogP contribution in [0.3, 0.4) is 0 Å². The number of carbonyl (C=O) groups is 3. The van der Waals surface area contributed by atoms with E-state index in [-0.39, 0.29) is 18.9 Å². The minimum absolute atomic E-state index is 0.0281. The van der Waals surface area contributed by atoms with E-state index in [1.807, 2.05) is 10.9 Å². The highest BCUT2D eigenvalue weighted by Crippen LogP contribution is 2.46. The molecule has 2 aliphatic heterocycles. The van der Waals surface area contributed by atoms with Crippen LogP contribution in [-0.2, 0) is 67.6 Å². The number of nitrogens with one attached hydrogen (secondary N) is 1. The van der Waals surface area contributed by atoms with Gasteiger partial charge in [0.15, 0.2) is 15.9 Å². The number of ether oxygens (including phenoxy) is 5. The van der Waals surface area contributed by atoms with Crippen molar-refractivity contribution in [1.29, 1.82) is 0 Å². The van der Waals surface area contributed by atoms with E-state index >= 15 is 0 Å². The Kier molecular flexibility index (Phi) is 16.6. The standard InChI is InChI=1S/C20H38N4O6.C10H12N4O5S/c1-18(2)4-6-24-16-19(22-23-24)17-30-15-14-29-13-12-28-11-10-27-9-8-26-7-5-20(25)21-3;1-10(5-13-3-2-11-12-13)8(9(16)17)14-6(15)4-7(14)20(10,18)19/h16,18H,4-15,17H2,1-3H3,(H,21,25);2-3,7-8H,4-5H2,1H3,(H,16,17)/t;7-,8+,10+/m.1/s1. The summed E-state index contributed by atoms with van der Waals surface area (Å²) < 4.78 is 53.7. The van der Waals surface area contributed by atoms with Crippen molar-refractivity contribution in [2.75, 3.05) is 66.5 Å². The third-order valence-electron chi connectivity index (χ3n) is 8.01. The van der Waals surface area contributed by atoms with Crippen LogP contribution in [0.25, 0.3) is 0 Å². The van der Waals surface area contributed by atoms with Crippen molar-refractivity contribution >= 4 is 27.6 Å². The quantitative estimate of drug-likeness (QED) is 0.109. The Morgan fingerprint density at radius 1 is 0.980 bits per heavy atom. The first kappa shape index (κ1) is 40.9. The maximum absolute atomic E-state index is 12.5. The molecule has 50 heavy (non-hydrogen) atoms. The molecule has 0 unspecified atom stereocenters. The number of sulfone groups is 1. The summed E-state index contributed by atoms with van der Waals surface area (Å²) >= 11 is 0. The summed E-state index contributed by atoms with van der Waals surface area (Å²) in [5, 5.41) is 26.3. The lowest BCUT2D eigenvalue weighted by atomic mass is 9.96. The third kappa shape index (κ3) is 11.8. The Bertz CT molecular complexity index is 1440. The van der Waals surface area contributed by atoms with Crippen molar-refractivity contribution in [1.82, 2.24) is 40.2 Å². The van der Waals surface area contributed by atoms with E-state index in [9.17, 15) is 27.9 Å². The van der Waals surface area contributed by atoms with Crippen molar-refractivity contribution in [3.8, 4) is 0 Å². The lowest BCUT2D eigenvalue weighted by molar-refractivity contribution is -0.157. The molecule has 282 valence electrons. The Hall–Kier alpha value is -3.56. The zero-order valence-corrected chi connectivity index (χ0v) is 30.0. The molecule has 0 saturated carbocycles. The van der Waals surface area contributed by atoms with Gasteiger partial charge >= 0.3 is 5.97 Å². The van der Waals surface area contributed by atoms with E-state index in [0.717, 1.165) is 23.6 Å². The number of carboxylic acid groups (broad SMARTS) is 1. The number of β-lactam (4-membered cyclic amide) rings is 1. The maximum Gasteiger partial charge on any atom is 0.328 e. The molecule has 4 heterocycles. The molecule has 0 spiro atoms. The molecular weight excluding hydrogens is 680 g/mol. The van der Waals surface area contributed by atoms with Crippen LogP contribution in [-0.4, -0.2) is 149 Å². The number of hydrogen-bond acceptors (Lipinski definition) is 14. The van der Waals surface area contributed by atoms with Gasteiger partial charge in [-0.3, -0.25) is 19.0 Å². The predicted octanol–water partition coefficient (Wildman–Crippen LogP) is -0.480. The maximum atomic E-state index is 12.5. The summed E-state index contributed by atoms with van der Waals surface area (Å²) in [5.74, 6) is -1.16. The molecule has 0 aliphatic carbocycles. The molecule has 0 radical (unpaired) electrons. The predicted molar refractivity (Wildman–Crippen MR) is 175 cm³/mol. The van der Waals surface area contributed by atoms with Gasteiger partial charge in [-0.2, -0.15) is 0 Å². The smallest absolute Gasteiger partial charge is 0.328 e. The highest BCUT2D eigenvalue weighted by Gasteiger charge is 2.70. The van der Waals surface area contributed by atoms with E-state index in [4.69, 9.17) is 23.7 Å². The number of carbonyl (C=O) groups excluding carboxylic acids is 2. The molecule has 2 N–H and O–H groups in total. The van der Waals surface area contributed by atoms with Crippen molar-refractivity contribution in [3.05, 3.63) is 24.3 Å². The molecule has 3 atom stereocenters. The highest BCUT2D eigenvalue weighted by molar-refractivity contribution is 7.93. The van der Waals surface area contributed by atoms with Gasteiger partial charge in [0.1, 0.15) is 15.8 Å². The fourth-order valence-electron chi connectivity index (χ4n) is 5.18. The van der Waals surface area contributed by atoms with E-state index < -0.39 is 37.9 Å².